The molecule has 0 amide bonds. The SMILES string of the molecule is O=C1CCc2cccc(c2)-c2ccnc(n2)Cc2cccc(c2)CN2CCC[C@@H]12. The standard InChI is InChI=1S/C25H25N3O/c29-24-10-9-18-4-2-7-21(15-18)22-11-12-26-25(27-22)16-19-5-1-6-20(14-19)17-28-13-3-8-23(24)28/h1-2,4-7,11-12,14-15,23H,3,8-10,13,16-17H2/t23-/m0/s1. The zero-order valence-electron chi connectivity index (χ0n) is 16.6. The highest BCUT2D eigenvalue weighted by Crippen LogP contribution is 2.25. The first-order chi connectivity index (χ1) is 14.2. The van der Waals surface area contributed by atoms with E-state index in [9.17, 15) is 4.79 Å². The number of aryl methyl sites for hydroxylation is 1. The van der Waals surface area contributed by atoms with Crippen LogP contribution in [0.5, 0.6) is 0 Å². The molecule has 1 aromatic heterocycles. The highest BCUT2D eigenvalue weighted by Gasteiger charge is 2.30. The van der Waals surface area contributed by atoms with Crippen molar-refractivity contribution < 1.29 is 4.79 Å². The van der Waals surface area contributed by atoms with Gasteiger partial charge in [0.15, 0.2) is 0 Å². The molecule has 4 heteroatoms. The third-order valence-electron chi connectivity index (χ3n) is 6.06. The summed E-state index contributed by atoms with van der Waals surface area (Å²) in [5.41, 5.74) is 5.69. The van der Waals surface area contributed by atoms with Crippen molar-refractivity contribution in [2.45, 2.75) is 44.7 Å². The first-order valence-corrected chi connectivity index (χ1v) is 10.5. The van der Waals surface area contributed by atoms with Gasteiger partial charge in [-0.2, -0.15) is 0 Å². The van der Waals surface area contributed by atoms with Crippen molar-refractivity contribution >= 4 is 5.78 Å². The van der Waals surface area contributed by atoms with Gasteiger partial charge in [-0.3, -0.25) is 9.69 Å². The van der Waals surface area contributed by atoms with Crippen LogP contribution < -0.4 is 0 Å². The Kier molecular flexibility index (Phi) is 4.94. The number of rotatable bonds is 0. The average molecular weight is 383 g/mol. The minimum Gasteiger partial charge on any atom is -0.298 e. The molecule has 2 aromatic carbocycles. The molecule has 1 fully saturated rings. The van der Waals surface area contributed by atoms with E-state index >= 15 is 0 Å². The summed E-state index contributed by atoms with van der Waals surface area (Å²) >= 11 is 0. The van der Waals surface area contributed by atoms with E-state index in [-0.39, 0.29) is 6.04 Å². The summed E-state index contributed by atoms with van der Waals surface area (Å²) < 4.78 is 0. The quantitative estimate of drug-likeness (QED) is 0.583. The number of carbonyl (C=O) groups is 1. The number of benzene rings is 2. The lowest BCUT2D eigenvalue weighted by Crippen LogP contribution is -2.35. The molecule has 146 valence electrons. The number of nitrogens with zero attached hydrogens (tertiary/aromatic N) is 3. The van der Waals surface area contributed by atoms with Crippen molar-refractivity contribution in [2.75, 3.05) is 6.54 Å². The maximum absolute atomic E-state index is 13.0. The number of hydrogen-bond acceptors (Lipinski definition) is 4. The molecule has 29 heavy (non-hydrogen) atoms. The number of hydrogen-bond donors (Lipinski definition) is 0. The van der Waals surface area contributed by atoms with E-state index in [0.29, 0.717) is 18.6 Å². The van der Waals surface area contributed by atoms with Gasteiger partial charge in [0.1, 0.15) is 11.6 Å². The number of Topliss-reactive ketones (excluding diaryl/α,β-unsaturated/α-hetero) is 1. The summed E-state index contributed by atoms with van der Waals surface area (Å²) in [7, 11) is 0. The number of fused-ring (bicyclic) bond motifs is 8. The molecule has 1 atom stereocenters. The predicted molar refractivity (Wildman–Crippen MR) is 113 cm³/mol. The van der Waals surface area contributed by atoms with Crippen molar-refractivity contribution in [1.82, 2.24) is 14.9 Å². The first kappa shape index (κ1) is 18.2. The zero-order valence-corrected chi connectivity index (χ0v) is 16.6. The molecule has 5 rings (SSSR count). The van der Waals surface area contributed by atoms with Gasteiger partial charge in [0.05, 0.1) is 11.7 Å². The Balaban J connectivity index is 1.55. The molecule has 3 aromatic rings. The monoisotopic (exact) mass is 383 g/mol. The lowest BCUT2D eigenvalue weighted by molar-refractivity contribution is -0.123. The molecule has 1 saturated heterocycles. The van der Waals surface area contributed by atoms with Crippen LogP contribution in [0.3, 0.4) is 0 Å². The van der Waals surface area contributed by atoms with Gasteiger partial charge in [-0.15, -0.1) is 0 Å². The summed E-state index contributed by atoms with van der Waals surface area (Å²) in [5.74, 6) is 1.21. The number of ketones is 1. The molecule has 0 N–H and O–H groups in total. The second kappa shape index (κ2) is 7.88. The van der Waals surface area contributed by atoms with Crippen LogP contribution in [0.4, 0.5) is 0 Å². The van der Waals surface area contributed by atoms with Crippen molar-refractivity contribution in [3.05, 3.63) is 83.3 Å². The van der Waals surface area contributed by atoms with Crippen LogP contribution in [0, 0.1) is 0 Å². The highest BCUT2D eigenvalue weighted by molar-refractivity contribution is 5.84. The Labute approximate surface area is 171 Å². The number of aromatic nitrogens is 2. The molecule has 0 spiro atoms. The molecule has 2 aliphatic heterocycles. The van der Waals surface area contributed by atoms with Gasteiger partial charge in [-0.25, -0.2) is 9.97 Å². The zero-order chi connectivity index (χ0) is 19.6. The van der Waals surface area contributed by atoms with E-state index in [1.807, 2.05) is 12.3 Å². The van der Waals surface area contributed by atoms with Crippen molar-refractivity contribution in [1.29, 1.82) is 0 Å². The molecule has 0 aliphatic carbocycles. The lowest BCUT2D eigenvalue weighted by atomic mass is 9.99. The third kappa shape index (κ3) is 3.99. The van der Waals surface area contributed by atoms with Crippen LogP contribution in [0.15, 0.2) is 60.8 Å². The van der Waals surface area contributed by atoms with Gasteiger partial charge in [-0.1, -0.05) is 42.5 Å². The van der Waals surface area contributed by atoms with Gasteiger partial charge in [0.2, 0.25) is 0 Å². The van der Waals surface area contributed by atoms with Crippen molar-refractivity contribution in [3.63, 3.8) is 0 Å². The summed E-state index contributed by atoms with van der Waals surface area (Å²) in [6, 6.07) is 19.1. The first-order valence-electron chi connectivity index (χ1n) is 10.5. The average Bonchev–Trinajstić information content (AvgIpc) is 3.20. The lowest BCUT2D eigenvalue weighted by Gasteiger charge is -2.24. The normalized spacial score (nSPS) is 19.7. The fourth-order valence-electron chi connectivity index (χ4n) is 4.60. The maximum Gasteiger partial charge on any atom is 0.150 e. The van der Waals surface area contributed by atoms with Crippen LogP contribution >= 0.6 is 0 Å². The van der Waals surface area contributed by atoms with Crippen LogP contribution in [-0.4, -0.2) is 33.2 Å². The van der Waals surface area contributed by atoms with Gasteiger partial charge >= 0.3 is 0 Å². The summed E-state index contributed by atoms with van der Waals surface area (Å²) in [5, 5.41) is 0. The number of carbonyl (C=O) groups excluding carboxylic acids is 1. The van der Waals surface area contributed by atoms with Crippen LogP contribution in [0.2, 0.25) is 0 Å². The summed E-state index contributed by atoms with van der Waals surface area (Å²) in [6.07, 6.45) is 6.02. The smallest absolute Gasteiger partial charge is 0.150 e. The Bertz CT molecular complexity index is 1050. The van der Waals surface area contributed by atoms with Crippen LogP contribution in [0.1, 0.15) is 41.8 Å². The van der Waals surface area contributed by atoms with E-state index in [1.54, 1.807) is 0 Å². The molecule has 2 aliphatic rings. The van der Waals surface area contributed by atoms with E-state index in [2.05, 4.69) is 58.4 Å². The summed E-state index contributed by atoms with van der Waals surface area (Å²) in [4.78, 5) is 24.7. The second-order valence-electron chi connectivity index (χ2n) is 8.15. The van der Waals surface area contributed by atoms with E-state index in [4.69, 9.17) is 4.98 Å². The molecule has 0 unspecified atom stereocenters. The fourth-order valence-corrected chi connectivity index (χ4v) is 4.60. The topological polar surface area (TPSA) is 46.1 Å². The van der Waals surface area contributed by atoms with Crippen molar-refractivity contribution in [2.24, 2.45) is 0 Å². The minimum absolute atomic E-state index is 0.0609. The largest absolute Gasteiger partial charge is 0.298 e. The third-order valence-corrected chi connectivity index (χ3v) is 6.06. The molecule has 6 bridgehead atoms. The van der Waals surface area contributed by atoms with Crippen LogP contribution in [-0.2, 0) is 24.2 Å². The Morgan fingerprint density at radius 3 is 2.76 bits per heavy atom. The van der Waals surface area contributed by atoms with E-state index in [1.165, 1.54) is 16.7 Å². The van der Waals surface area contributed by atoms with Gasteiger partial charge in [-0.05, 0) is 54.6 Å². The highest BCUT2D eigenvalue weighted by atomic mass is 16.1. The Morgan fingerprint density at radius 2 is 1.79 bits per heavy atom. The van der Waals surface area contributed by atoms with Gasteiger partial charge in [0, 0.05) is 31.1 Å². The van der Waals surface area contributed by atoms with Crippen LogP contribution in [0.25, 0.3) is 11.3 Å². The van der Waals surface area contributed by atoms with Crippen molar-refractivity contribution in [3.8, 4) is 11.3 Å². The molecular formula is C25H25N3O. The molecule has 3 heterocycles. The van der Waals surface area contributed by atoms with E-state index in [0.717, 1.165) is 49.4 Å². The molecule has 4 nitrogen and oxygen atoms in total. The minimum atomic E-state index is 0.0609. The Morgan fingerprint density at radius 1 is 0.931 bits per heavy atom. The van der Waals surface area contributed by atoms with Gasteiger partial charge < -0.3 is 0 Å². The molecule has 0 radical (unpaired) electrons. The van der Waals surface area contributed by atoms with E-state index < -0.39 is 0 Å². The molecule has 0 saturated carbocycles. The second-order valence-corrected chi connectivity index (χ2v) is 8.15. The predicted octanol–water partition coefficient (Wildman–Crippen LogP) is 4.21. The fraction of sp³-hybridized carbons (Fsp3) is 0.320. The molecular weight excluding hydrogens is 358 g/mol. The Hall–Kier alpha value is -2.85. The van der Waals surface area contributed by atoms with Gasteiger partial charge in [0.25, 0.3) is 0 Å². The maximum atomic E-state index is 13.0. The summed E-state index contributed by atoms with van der Waals surface area (Å²) in [6.45, 7) is 1.84.